The van der Waals surface area contributed by atoms with Crippen LogP contribution in [0.1, 0.15) is 32.6 Å². The molecule has 3 heteroatoms. The molecule has 0 aromatic rings. The number of piperidine rings is 2. The summed E-state index contributed by atoms with van der Waals surface area (Å²) in [6, 6.07) is 0. The van der Waals surface area contributed by atoms with Gasteiger partial charge < -0.3 is 15.5 Å². The Hall–Kier alpha value is -0.120. The molecule has 100 valence electrons. The summed E-state index contributed by atoms with van der Waals surface area (Å²) in [5, 5.41) is 7.11. The van der Waals surface area contributed by atoms with Gasteiger partial charge in [0, 0.05) is 13.1 Å². The van der Waals surface area contributed by atoms with Gasteiger partial charge in [0.05, 0.1) is 0 Å². The first-order valence-electron chi connectivity index (χ1n) is 7.48. The Morgan fingerprint density at radius 2 is 2.06 bits per heavy atom. The zero-order valence-electron chi connectivity index (χ0n) is 11.4. The van der Waals surface area contributed by atoms with Gasteiger partial charge in [-0.05, 0) is 70.2 Å². The highest BCUT2D eigenvalue weighted by Gasteiger charge is 2.15. The topological polar surface area (TPSA) is 27.3 Å². The molecule has 17 heavy (non-hydrogen) atoms. The van der Waals surface area contributed by atoms with Crippen molar-refractivity contribution in [2.75, 3.05) is 45.8 Å². The molecule has 0 aromatic heterocycles. The molecule has 2 saturated heterocycles. The third-order valence-corrected chi connectivity index (χ3v) is 4.31. The van der Waals surface area contributed by atoms with Crippen LogP contribution in [0.3, 0.4) is 0 Å². The van der Waals surface area contributed by atoms with Gasteiger partial charge in [0.25, 0.3) is 0 Å². The van der Waals surface area contributed by atoms with Gasteiger partial charge in [-0.3, -0.25) is 0 Å². The highest BCUT2D eigenvalue weighted by molar-refractivity contribution is 4.73. The van der Waals surface area contributed by atoms with Crippen LogP contribution < -0.4 is 10.6 Å². The van der Waals surface area contributed by atoms with Crippen molar-refractivity contribution in [2.24, 2.45) is 11.8 Å². The SMILES string of the molecule is CC1CCN(CCNCC2CCCNC2)CC1. The van der Waals surface area contributed by atoms with Crippen molar-refractivity contribution in [3.63, 3.8) is 0 Å². The number of hydrogen-bond acceptors (Lipinski definition) is 3. The Morgan fingerprint density at radius 3 is 2.76 bits per heavy atom. The fourth-order valence-electron chi connectivity index (χ4n) is 2.93. The first-order chi connectivity index (χ1) is 8.34. The molecule has 0 aromatic carbocycles. The molecule has 2 aliphatic heterocycles. The molecule has 0 radical (unpaired) electrons. The van der Waals surface area contributed by atoms with Gasteiger partial charge in [0.15, 0.2) is 0 Å². The van der Waals surface area contributed by atoms with Crippen molar-refractivity contribution < 1.29 is 0 Å². The summed E-state index contributed by atoms with van der Waals surface area (Å²) in [7, 11) is 0. The van der Waals surface area contributed by atoms with E-state index < -0.39 is 0 Å². The van der Waals surface area contributed by atoms with Crippen molar-refractivity contribution >= 4 is 0 Å². The molecule has 1 unspecified atom stereocenters. The van der Waals surface area contributed by atoms with Crippen LogP contribution in [-0.4, -0.2) is 50.7 Å². The first kappa shape index (κ1) is 13.3. The second-order valence-corrected chi connectivity index (χ2v) is 5.94. The van der Waals surface area contributed by atoms with Gasteiger partial charge in [-0.15, -0.1) is 0 Å². The fraction of sp³-hybridized carbons (Fsp3) is 1.00. The summed E-state index contributed by atoms with van der Waals surface area (Å²) in [5.41, 5.74) is 0. The van der Waals surface area contributed by atoms with E-state index in [1.807, 2.05) is 0 Å². The molecule has 0 saturated carbocycles. The van der Waals surface area contributed by atoms with Crippen LogP contribution in [0.5, 0.6) is 0 Å². The van der Waals surface area contributed by atoms with E-state index in [4.69, 9.17) is 0 Å². The molecule has 0 amide bonds. The third kappa shape index (κ3) is 4.94. The minimum Gasteiger partial charge on any atom is -0.316 e. The lowest BCUT2D eigenvalue weighted by Gasteiger charge is -2.30. The summed E-state index contributed by atoms with van der Waals surface area (Å²) in [5.74, 6) is 1.82. The third-order valence-electron chi connectivity index (χ3n) is 4.31. The monoisotopic (exact) mass is 239 g/mol. The lowest BCUT2D eigenvalue weighted by Crippen LogP contribution is -2.40. The summed E-state index contributed by atoms with van der Waals surface area (Å²) in [6.07, 6.45) is 5.55. The van der Waals surface area contributed by atoms with Crippen LogP contribution in [0.25, 0.3) is 0 Å². The molecule has 2 rings (SSSR count). The van der Waals surface area contributed by atoms with Crippen molar-refractivity contribution in [1.82, 2.24) is 15.5 Å². The maximum absolute atomic E-state index is 3.63. The molecule has 0 spiro atoms. The first-order valence-corrected chi connectivity index (χ1v) is 7.48. The Kier molecular flexibility index (Phi) is 5.75. The van der Waals surface area contributed by atoms with Gasteiger partial charge in [-0.1, -0.05) is 6.92 Å². The van der Waals surface area contributed by atoms with Gasteiger partial charge in [-0.2, -0.15) is 0 Å². The summed E-state index contributed by atoms with van der Waals surface area (Å²) in [6.45, 7) is 11.1. The fourth-order valence-corrected chi connectivity index (χ4v) is 2.93. The van der Waals surface area contributed by atoms with E-state index in [-0.39, 0.29) is 0 Å². The molecular formula is C14H29N3. The van der Waals surface area contributed by atoms with Crippen molar-refractivity contribution in [1.29, 1.82) is 0 Å². The van der Waals surface area contributed by atoms with E-state index in [1.54, 1.807) is 0 Å². The van der Waals surface area contributed by atoms with Gasteiger partial charge >= 0.3 is 0 Å². The molecule has 1 atom stereocenters. The van der Waals surface area contributed by atoms with E-state index in [2.05, 4.69) is 22.5 Å². The van der Waals surface area contributed by atoms with Gasteiger partial charge in [0.1, 0.15) is 0 Å². The minimum absolute atomic E-state index is 0.866. The van der Waals surface area contributed by atoms with Crippen LogP contribution in [0, 0.1) is 11.8 Å². The lowest BCUT2D eigenvalue weighted by atomic mass is 9.99. The second-order valence-electron chi connectivity index (χ2n) is 5.94. The average Bonchev–Trinajstić information content (AvgIpc) is 2.38. The average molecular weight is 239 g/mol. The lowest BCUT2D eigenvalue weighted by molar-refractivity contribution is 0.191. The molecule has 2 fully saturated rings. The summed E-state index contributed by atoms with van der Waals surface area (Å²) >= 11 is 0. The predicted octanol–water partition coefficient (Wildman–Crippen LogP) is 1.31. The van der Waals surface area contributed by atoms with Gasteiger partial charge in [-0.25, -0.2) is 0 Å². The van der Waals surface area contributed by atoms with Gasteiger partial charge in [0.2, 0.25) is 0 Å². The number of likely N-dealkylation sites (tertiary alicyclic amines) is 1. The van der Waals surface area contributed by atoms with E-state index in [0.29, 0.717) is 0 Å². The van der Waals surface area contributed by atoms with Crippen molar-refractivity contribution in [2.45, 2.75) is 32.6 Å². The van der Waals surface area contributed by atoms with Crippen LogP contribution in [-0.2, 0) is 0 Å². The Labute approximate surface area is 106 Å². The molecular weight excluding hydrogens is 210 g/mol. The maximum atomic E-state index is 3.63. The predicted molar refractivity (Wildman–Crippen MR) is 73.3 cm³/mol. The summed E-state index contributed by atoms with van der Waals surface area (Å²) in [4.78, 5) is 2.62. The highest BCUT2D eigenvalue weighted by atomic mass is 15.1. The number of nitrogens with zero attached hydrogens (tertiary/aromatic N) is 1. The van der Waals surface area contributed by atoms with Crippen LogP contribution in [0.15, 0.2) is 0 Å². The molecule has 3 nitrogen and oxygen atoms in total. The van der Waals surface area contributed by atoms with Crippen LogP contribution in [0.4, 0.5) is 0 Å². The zero-order valence-corrected chi connectivity index (χ0v) is 11.4. The minimum atomic E-state index is 0.866. The second kappa shape index (κ2) is 7.34. The standard InChI is InChI=1S/C14H29N3/c1-13-4-8-17(9-5-13)10-7-16-12-14-3-2-6-15-11-14/h13-16H,2-12H2,1H3. The number of rotatable bonds is 5. The quantitative estimate of drug-likeness (QED) is 0.708. The number of hydrogen-bond donors (Lipinski definition) is 2. The Morgan fingerprint density at radius 1 is 1.24 bits per heavy atom. The van der Waals surface area contributed by atoms with E-state index in [1.165, 1.54) is 71.5 Å². The molecule has 0 aliphatic carbocycles. The van der Waals surface area contributed by atoms with E-state index >= 15 is 0 Å². The smallest absolute Gasteiger partial charge is 0.0107 e. The van der Waals surface area contributed by atoms with Crippen LogP contribution >= 0.6 is 0 Å². The van der Waals surface area contributed by atoms with Crippen molar-refractivity contribution in [3.05, 3.63) is 0 Å². The Balaban J connectivity index is 1.48. The van der Waals surface area contributed by atoms with Crippen molar-refractivity contribution in [3.8, 4) is 0 Å². The molecule has 2 N–H and O–H groups in total. The maximum Gasteiger partial charge on any atom is 0.0107 e. The Bertz CT molecular complexity index is 194. The normalized spacial score (nSPS) is 28.4. The molecule has 0 bridgehead atoms. The summed E-state index contributed by atoms with van der Waals surface area (Å²) < 4.78 is 0. The van der Waals surface area contributed by atoms with E-state index in [0.717, 1.165) is 11.8 Å². The molecule has 2 heterocycles. The van der Waals surface area contributed by atoms with E-state index in [9.17, 15) is 0 Å². The van der Waals surface area contributed by atoms with Crippen LogP contribution in [0.2, 0.25) is 0 Å². The zero-order chi connectivity index (χ0) is 11.9. The highest BCUT2D eigenvalue weighted by Crippen LogP contribution is 2.15. The molecule has 2 aliphatic rings. The number of nitrogens with one attached hydrogen (secondary N) is 2. The largest absolute Gasteiger partial charge is 0.316 e.